The van der Waals surface area contributed by atoms with Crippen molar-refractivity contribution < 1.29 is 0 Å². The fourth-order valence-electron chi connectivity index (χ4n) is 7.45. The van der Waals surface area contributed by atoms with Gasteiger partial charge in [-0.15, -0.1) is 0 Å². The van der Waals surface area contributed by atoms with Gasteiger partial charge >= 0.3 is 0 Å². The van der Waals surface area contributed by atoms with E-state index in [4.69, 9.17) is 15.0 Å². The lowest BCUT2D eigenvalue weighted by Gasteiger charge is -2.13. The van der Waals surface area contributed by atoms with Crippen molar-refractivity contribution >= 4 is 54.3 Å². The third-order valence-electron chi connectivity index (χ3n) is 9.83. The molecule has 10 aromatic rings. The normalized spacial score (nSPS) is 11.6. The third-order valence-corrected chi connectivity index (χ3v) is 9.83. The first-order valence-corrected chi connectivity index (χ1v) is 16.9. The van der Waals surface area contributed by atoms with Crippen molar-refractivity contribution in [3.05, 3.63) is 176 Å². The maximum atomic E-state index is 5.10. The molecule has 7 aromatic carbocycles. The van der Waals surface area contributed by atoms with Gasteiger partial charge in [-0.2, -0.15) is 0 Å². The highest BCUT2D eigenvalue weighted by atomic mass is 14.7. The molecule has 0 atom stereocenters. The minimum Gasteiger partial charge on any atom is -0.255 e. The van der Waals surface area contributed by atoms with E-state index in [0.717, 1.165) is 60.7 Å². The maximum absolute atomic E-state index is 5.10. The molecular formula is C47H29N3. The van der Waals surface area contributed by atoms with Crippen molar-refractivity contribution in [1.82, 2.24) is 15.0 Å². The number of nitrogens with zero attached hydrogens (tertiary/aromatic N) is 3. The van der Waals surface area contributed by atoms with Gasteiger partial charge in [-0.05, 0) is 80.7 Å². The monoisotopic (exact) mass is 635 g/mol. The number of pyridine rings is 3. The Labute approximate surface area is 289 Å². The summed E-state index contributed by atoms with van der Waals surface area (Å²) >= 11 is 0. The molecule has 3 heterocycles. The quantitative estimate of drug-likeness (QED) is 0.181. The molecule has 0 saturated carbocycles. The topological polar surface area (TPSA) is 38.7 Å². The molecule has 0 N–H and O–H groups in total. The standard InChI is InChI=1S/C47H29N3/c1-3-11-30(12-4-1)44-40-17-9-7-15-33(40)24-36-26-38(28-48-46(36)44)32-19-21-42-35(23-32)20-22-43(50-42)39-27-37-25-34-16-8-10-18-41(34)45(47(37)49-29-39)31-13-5-2-6-14-31/h1-29H. The van der Waals surface area contributed by atoms with Gasteiger partial charge in [0.05, 0.1) is 22.2 Å². The lowest BCUT2D eigenvalue weighted by Crippen LogP contribution is -1.92. The predicted molar refractivity (Wildman–Crippen MR) is 209 cm³/mol. The summed E-state index contributed by atoms with van der Waals surface area (Å²) in [6.07, 6.45) is 3.96. The molecule has 232 valence electrons. The predicted octanol–water partition coefficient (Wildman–Crippen LogP) is 12.3. The van der Waals surface area contributed by atoms with Gasteiger partial charge in [0.1, 0.15) is 0 Å². The van der Waals surface area contributed by atoms with E-state index in [9.17, 15) is 0 Å². The minimum absolute atomic E-state index is 0.904. The van der Waals surface area contributed by atoms with Crippen LogP contribution in [0.3, 0.4) is 0 Å². The molecule has 0 saturated heterocycles. The second-order valence-electron chi connectivity index (χ2n) is 12.9. The largest absolute Gasteiger partial charge is 0.255 e. The lowest BCUT2D eigenvalue weighted by atomic mass is 9.93. The molecule has 0 aliphatic carbocycles. The van der Waals surface area contributed by atoms with Crippen LogP contribution in [0, 0.1) is 0 Å². The highest BCUT2D eigenvalue weighted by Crippen LogP contribution is 2.39. The second kappa shape index (κ2) is 11.5. The Hall–Kier alpha value is -6.71. The summed E-state index contributed by atoms with van der Waals surface area (Å²) in [5, 5.41) is 8.14. The van der Waals surface area contributed by atoms with Crippen molar-refractivity contribution in [3.8, 4) is 44.6 Å². The first kappa shape index (κ1) is 28.3. The molecule has 3 heteroatoms. The van der Waals surface area contributed by atoms with Gasteiger partial charge in [-0.25, -0.2) is 4.98 Å². The Morgan fingerprint density at radius 3 is 1.46 bits per heavy atom. The van der Waals surface area contributed by atoms with Crippen molar-refractivity contribution in [2.24, 2.45) is 0 Å². The van der Waals surface area contributed by atoms with E-state index in [1.165, 1.54) is 38.2 Å². The van der Waals surface area contributed by atoms with E-state index in [1.807, 2.05) is 12.4 Å². The van der Waals surface area contributed by atoms with Gasteiger partial charge in [0.25, 0.3) is 0 Å². The maximum Gasteiger partial charge on any atom is 0.0787 e. The Kier molecular flexibility index (Phi) is 6.49. The molecule has 0 aliphatic heterocycles. The molecule has 0 fully saturated rings. The number of hydrogen-bond acceptors (Lipinski definition) is 3. The molecule has 0 amide bonds. The molecule has 0 spiro atoms. The molecule has 3 aromatic heterocycles. The summed E-state index contributed by atoms with van der Waals surface area (Å²) < 4.78 is 0. The van der Waals surface area contributed by atoms with E-state index in [-0.39, 0.29) is 0 Å². The van der Waals surface area contributed by atoms with Crippen molar-refractivity contribution in [1.29, 1.82) is 0 Å². The summed E-state index contributed by atoms with van der Waals surface area (Å²) in [5.74, 6) is 0. The van der Waals surface area contributed by atoms with Gasteiger partial charge in [-0.1, -0.05) is 121 Å². The highest BCUT2D eigenvalue weighted by molar-refractivity contribution is 6.13. The van der Waals surface area contributed by atoms with Gasteiger partial charge in [0.15, 0.2) is 0 Å². The Bertz CT molecular complexity index is 2710. The van der Waals surface area contributed by atoms with Crippen molar-refractivity contribution in [3.63, 3.8) is 0 Å². The summed E-state index contributed by atoms with van der Waals surface area (Å²) in [5.41, 5.74) is 11.7. The molecule has 3 nitrogen and oxygen atoms in total. The molecule has 10 rings (SSSR count). The first-order chi connectivity index (χ1) is 24.8. The van der Waals surface area contributed by atoms with E-state index < -0.39 is 0 Å². The van der Waals surface area contributed by atoms with Crippen molar-refractivity contribution in [2.45, 2.75) is 0 Å². The Morgan fingerprint density at radius 2 is 0.840 bits per heavy atom. The Morgan fingerprint density at radius 1 is 0.320 bits per heavy atom. The number of benzene rings is 7. The van der Waals surface area contributed by atoms with E-state index in [1.54, 1.807) is 0 Å². The van der Waals surface area contributed by atoms with Crippen LogP contribution in [-0.2, 0) is 0 Å². The van der Waals surface area contributed by atoms with Crippen LogP contribution in [0.25, 0.3) is 98.9 Å². The lowest BCUT2D eigenvalue weighted by molar-refractivity contribution is 1.35. The molecular weight excluding hydrogens is 607 g/mol. The molecule has 0 aliphatic rings. The second-order valence-corrected chi connectivity index (χ2v) is 12.9. The molecule has 50 heavy (non-hydrogen) atoms. The van der Waals surface area contributed by atoms with Crippen LogP contribution >= 0.6 is 0 Å². The fourth-order valence-corrected chi connectivity index (χ4v) is 7.45. The summed E-state index contributed by atoms with van der Waals surface area (Å²) in [4.78, 5) is 15.2. The van der Waals surface area contributed by atoms with Crippen LogP contribution in [0.2, 0.25) is 0 Å². The zero-order valence-corrected chi connectivity index (χ0v) is 27.1. The van der Waals surface area contributed by atoms with Crippen LogP contribution in [0.5, 0.6) is 0 Å². The van der Waals surface area contributed by atoms with Crippen LogP contribution < -0.4 is 0 Å². The van der Waals surface area contributed by atoms with Crippen LogP contribution in [0.4, 0.5) is 0 Å². The highest BCUT2D eigenvalue weighted by Gasteiger charge is 2.15. The molecule has 0 bridgehead atoms. The smallest absolute Gasteiger partial charge is 0.0787 e. The number of rotatable bonds is 4. The summed E-state index contributed by atoms with van der Waals surface area (Å²) in [7, 11) is 0. The average molecular weight is 636 g/mol. The van der Waals surface area contributed by atoms with E-state index >= 15 is 0 Å². The van der Waals surface area contributed by atoms with Gasteiger partial charge in [0.2, 0.25) is 0 Å². The SMILES string of the molecule is c1ccc(-c2c3ccccc3cc3cc(-c4ccc5nc(-c6cnc7c(-c8ccccc8)c8ccccc8cc7c6)ccc5c4)cnc23)cc1. The van der Waals surface area contributed by atoms with Gasteiger partial charge in [-0.3, -0.25) is 9.97 Å². The van der Waals surface area contributed by atoms with Crippen LogP contribution in [0.1, 0.15) is 0 Å². The molecule has 0 unspecified atom stereocenters. The summed E-state index contributed by atoms with van der Waals surface area (Å²) in [6.45, 7) is 0. The van der Waals surface area contributed by atoms with Crippen LogP contribution in [0.15, 0.2) is 176 Å². The van der Waals surface area contributed by atoms with Gasteiger partial charge in [0, 0.05) is 50.8 Å². The zero-order valence-electron chi connectivity index (χ0n) is 27.1. The van der Waals surface area contributed by atoms with Gasteiger partial charge < -0.3 is 0 Å². The van der Waals surface area contributed by atoms with Crippen LogP contribution in [-0.4, -0.2) is 15.0 Å². The molecule has 0 radical (unpaired) electrons. The van der Waals surface area contributed by atoms with Crippen molar-refractivity contribution in [2.75, 3.05) is 0 Å². The number of hydrogen-bond donors (Lipinski definition) is 0. The van der Waals surface area contributed by atoms with E-state index in [0.29, 0.717) is 0 Å². The fraction of sp³-hybridized carbons (Fsp3) is 0. The number of fused-ring (bicyclic) bond motifs is 5. The summed E-state index contributed by atoms with van der Waals surface area (Å²) in [6, 6.07) is 58.0. The Balaban J connectivity index is 1.05. The van der Waals surface area contributed by atoms with E-state index in [2.05, 4.69) is 164 Å². The third kappa shape index (κ3) is 4.71. The first-order valence-electron chi connectivity index (χ1n) is 16.9. The zero-order chi connectivity index (χ0) is 33.0. The average Bonchev–Trinajstić information content (AvgIpc) is 3.18. The number of aromatic nitrogens is 3. The minimum atomic E-state index is 0.904.